The molecule has 0 aliphatic heterocycles. The molecule has 1 atom stereocenters. The van der Waals surface area contributed by atoms with Gasteiger partial charge in [-0.2, -0.15) is 0 Å². The average Bonchev–Trinajstić information content (AvgIpc) is 2.29. The summed E-state index contributed by atoms with van der Waals surface area (Å²) in [7, 11) is 0. The van der Waals surface area contributed by atoms with Crippen LogP contribution in [-0.2, 0) is 23.9 Å². The Hall–Kier alpha value is -1.92. The highest BCUT2D eigenvalue weighted by Gasteiger charge is 2.23. The van der Waals surface area contributed by atoms with Crippen molar-refractivity contribution in [2.24, 2.45) is 0 Å². The van der Waals surface area contributed by atoms with Crippen molar-refractivity contribution in [1.82, 2.24) is 5.32 Å². The topological polar surface area (TPSA) is 98.8 Å². The summed E-state index contributed by atoms with van der Waals surface area (Å²) >= 11 is 0. The Labute approximate surface area is 124 Å². The molecular weight excluding hydrogens is 278 g/mol. The van der Waals surface area contributed by atoms with Gasteiger partial charge in [0.25, 0.3) is 0 Å². The van der Waals surface area contributed by atoms with Gasteiger partial charge >= 0.3 is 12.1 Å². The second-order valence-electron chi connectivity index (χ2n) is 5.69. The zero-order valence-electron chi connectivity index (χ0n) is 13.1. The third kappa shape index (κ3) is 10.5. The van der Waals surface area contributed by atoms with Crippen molar-refractivity contribution in [3.05, 3.63) is 0 Å². The quantitative estimate of drug-likeness (QED) is 0.713. The number of nitrogens with one attached hydrogen (secondary N) is 1. The molecule has 0 aromatic carbocycles. The van der Waals surface area contributed by atoms with Gasteiger partial charge in [-0.1, -0.05) is 0 Å². The van der Waals surface area contributed by atoms with Crippen molar-refractivity contribution in [2.45, 2.75) is 59.1 Å². The number of hydrogen-bond acceptors (Lipinski definition) is 6. The van der Waals surface area contributed by atoms with Crippen molar-refractivity contribution < 1.29 is 28.7 Å². The number of alkyl carbamates (subject to hydrolysis) is 1. The molecule has 0 aromatic rings. The first kappa shape index (κ1) is 19.1. The predicted molar refractivity (Wildman–Crippen MR) is 74.7 cm³/mol. The van der Waals surface area contributed by atoms with Crippen LogP contribution in [0.3, 0.4) is 0 Å². The monoisotopic (exact) mass is 301 g/mol. The molecule has 0 saturated heterocycles. The van der Waals surface area contributed by atoms with Gasteiger partial charge in [-0.3, -0.25) is 9.59 Å². The Morgan fingerprint density at radius 3 is 2.05 bits per heavy atom. The van der Waals surface area contributed by atoms with Crippen LogP contribution in [-0.4, -0.2) is 41.9 Å². The lowest BCUT2D eigenvalue weighted by atomic mass is 10.2. The van der Waals surface area contributed by atoms with E-state index in [0.717, 1.165) is 0 Å². The molecule has 0 fully saturated rings. The highest BCUT2D eigenvalue weighted by atomic mass is 16.6. The number of esters is 1. The van der Waals surface area contributed by atoms with Crippen LogP contribution < -0.4 is 5.32 Å². The lowest BCUT2D eigenvalue weighted by Crippen LogP contribution is -2.45. The molecule has 1 unspecified atom stereocenters. The van der Waals surface area contributed by atoms with Crippen LogP contribution in [0.2, 0.25) is 0 Å². The van der Waals surface area contributed by atoms with E-state index >= 15 is 0 Å². The van der Waals surface area contributed by atoms with Crippen LogP contribution >= 0.6 is 0 Å². The Kier molecular flexibility index (Phi) is 7.62. The predicted octanol–water partition coefficient (Wildman–Crippen LogP) is 1.38. The molecule has 0 aliphatic carbocycles. The third-order valence-electron chi connectivity index (χ3n) is 2.27. The molecule has 0 saturated carbocycles. The van der Waals surface area contributed by atoms with Crippen LogP contribution in [0.1, 0.15) is 47.5 Å². The number of hydrogen-bond donors (Lipinski definition) is 1. The van der Waals surface area contributed by atoms with Gasteiger partial charge in [0, 0.05) is 6.42 Å². The zero-order valence-corrected chi connectivity index (χ0v) is 13.1. The van der Waals surface area contributed by atoms with E-state index in [1.54, 1.807) is 20.8 Å². The lowest BCUT2D eigenvalue weighted by molar-refractivity contribution is -0.146. The minimum Gasteiger partial charge on any atom is -0.463 e. The fraction of sp³-hybridized carbons (Fsp3) is 0.714. The smallest absolute Gasteiger partial charge is 0.408 e. The summed E-state index contributed by atoms with van der Waals surface area (Å²) in [6.45, 7) is 7.43. The number of carbonyl (C=O) groups excluding carboxylic acids is 4. The molecule has 0 bridgehead atoms. The summed E-state index contributed by atoms with van der Waals surface area (Å²) in [5, 5.41) is 2.34. The molecule has 1 N–H and O–H groups in total. The average molecular weight is 301 g/mol. The standard InChI is InChI=1S/C14H23NO6/c1-9(16)6-7-12(18)20-8-11(10(2)17)15-13(19)21-14(3,4)5/h11H,6-8H2,1-5H3,(H,15,19). The maximum atomic E-state index is 11.6. The number of rotatable bonds is 7. The van der Waals surface area contributed by atoms with Crippen LogP contribution in [0.25, 0.3) is 0 Å². The van der Waals surface area contributed by atoms with Gasteiger partial charge in [0.2, 0.25) is 0 Å². The first-order chi connectivity index (χ1) is 9.51. The van der Waals surface area contributed by atoms with E-state index in [0.29, 0.717) is 0 Å². The van der Waals surface area contributed by atoms with Gasteiger partial charge < -0.3 is 19.6 Å². The fourth-order valence-electron chi connectivity index (χ4n) is 1.24. The van der Waals surface area contributed by atoms with Gasteiger partial charge in [0.05, 0.1) is 6.42 Å². The first-order valence-electron chi connectivity index (χ1n) is 6.66. The Bertz CT molecular complexity index is 410. The van der Waals surface area contributed by atoms with E-state index in [9.17, 15) is 19.2 Å². The summed E-state index contributed by atoms with van der Waals surface area (Å²) < 4.78 is 9.88. The number of Topliss-reactive ketones (excluding diaryl/α,β-unsaturated/α-hetero) is 2. The largest absolute Gasteiger partial charge is 0.463 e. The van der Waals surface area contributed by atoms with E-state index in [1.807, 2.05) is 0 Å². The molecule has 0 rings (SSSR count). The molecule has 7 heteroatoms. The fourth-order valence-corrected chi connectivity index (χ4v) is 1.24. The van der Waals surface area contributed by atoms with E-state index < -0.39 is 23.7 Å². The Morgan fingerprint density at radius 1 is 1.05 bits per heavy atom. The highest BCUT2D eigenvalue weighted by molar-refractivity contribution is 5.86. The van der Waals surface area contributed by atoms with Gasteiger partial charge in [0.15, 0.2) is 5.78 Å². The second-order valence-corrected chi connectivity index (χ2v) is 5.69. The molecular formula is C14H23NO6. The van der Waals surface area contributed by atoms with Gasteiger partial charge in [-0.05, 0) is 34.6 Å². The number of ether oxygens (including phenoxy) is 2. The molecule has 0 radical (unpaired) electrons. The molecule has 0 aliphatic rings. The molecule has 21 heavy (non-hydrogen) atoms. The summed E-state index contributed by atoms with van der Waals surface area (Å²) in [5.41, 5.74) is -0.691. The van der Waals surface area contributed by atoms with Crippen LogP contribution in [0.4, 0.5) is 4.79 Å². The van der Waals surface area contributed by atoms with Crippen molar-refractivity contribution >= 4 is 23.6 Å². The normalized spacial score (nSPS) is 12.2. The third-order valence-corrected chi connectivity index (χ3v) is 2.27. The molecule has 1 amide bonds. The highest BCUT2D eigenvalue weighted by Crippen LogP contribution is 2.07. The summed E-state index contributed by atoms with van der Waals surface area (Å²) in [4.78, 5) is 45.1. The number of amides is 1. The number of ketones is 2. The molecule has 0 aromatic heterocycles. The molecule has 0 spiro atoms. The maximum Gasteiger partial charge on any atom is 0.408 e. The van der Waals surface area contributed by atoms with Crippen molar-refractivity contribution in [3.63, 3.8) is 0 Å². The lowest BCUT2D eigenvalue weighted by Gasteiger charge is -2.22. The Morgan fingerprint density at radius 2 is 1.62 bits per heavy atom. The van der Waals surface area contributed by atoms with Crippen LogP contribution in [0.5, 0.6) is 0 Å². The molecule has 120 valence electrons. The van der Waals surface area contributed by atoms with E-state index in [1.165, 1.54) is 13.8 Å². The summed E-state index contributed by atoms with van der Waals surface area (Å²) in [5.74, 6) is -1.08. The minimum absolute atomic E-state index is 0.0492. The van der Waals surface area contributed by atoms with Gasteiger partial charge in [0.1, 0.15) is 24.0 Å². The summed E-state index contributed by atoms with van der Waals surface area (Å²) in [6, 6.07) is -0.971. The van der Waals surface area contributed by atoms with Crippen molar-refractivity contribution in [1.29, 1.82) is 0 Å². The van der Waals surface area contributed by atoms with Gasteiger partial charge in [-0.25, -0.2) is 4.79 Å². The molecule has 0 heterocycles. The van der Waals surface area contributed by atoms with E-state index in [4.69, 9.17) is 9.47 Å². The van der Waals surface area contributed by atoms with Crippen molar-refractivity contribution in [3.8, 4) is 0 Å². The van der Waals surface area contributed by atoms with Crippen molar-refractivity contribution in [2.75, 3.05) is 6.61 Å². The SMILES string of the molecule is CC(=O)CCC(=O)OCC(NC(=O)OC(C)(C)C)C(C)=O. The number of carbonyl (C=O) groups is 4. The molecule has 7 nitrogen and oxygen atoms in total. The van der Waals surface area contributed by atoms with Crippen LogP contribution in [0, 0.1) is 0 Å². The minimum atomic E-state index is -0.971. The zero-order chi connectivity index (χ0) is 16.6. The van der Waals surface area contributed by atoms with Gasteiger partial charge in [-0.15, -0.1) is 0 Å². The van der Waals surface area contributed by atoms with E-state index in [-0.39, 0.29) is 31.0 Å². The van der Waals surface area contributed by atoms with E-state index in [2.05, 4.69) is 5.32 Å². The maximum absolute atomic E-state index is 11.6. The second kappa shape index (κ2) is 8.39. The Balaban J connectivity index is 4.32. The first-order valence-corrected chi connectivity index (χ1v) is 6.66. The summed E-state index contributed by atoms with van der Waals surface area (Å²) in [6.07, 6.45) is -0.724. The van der Waals surface area contributed by atoms with Crippen LogP contribution in [0.15, 0.2) is 0 Å².